The first kappa shape index (κ1) is 22.7. The topological polar surface area (TPSA) is 55.3 Å². The maximum atomic E-state index is 6.57. The van der Waals surface area contributed by atoms with Crippen molar-refractivity contribution in [1.29, 1.82) is 0 Å². The molecule has 152 valence electrons. The van der Waals surface area contributed by atoms with E-state index in [2.05, 4.69) is 58.9 Å². The molecular weight excluding hydrogens is 424 g/mol. The van der Waals surface area contributed by atoms with Crippen LogP contribution in [0.5, 0.6) is 0 Å². The maximum absolute atomic E-state index is 6.57. The molecular formula is C21H30Cl2CoN3. The fourth-order valence-electron chi connectivity index (χ4n) is 3.95. The Kier molecular flexibility index (Phi) is 8.19. The van der Waals surface area contributed by atoms with Gasteiger partial charge in [0, 0.05) is 0 Å². The van der Waals surface area contributed by atoms with E-state index >= 15 is 0 Å². The molecule has 2 aromatic carbocycles. The van der Waals surface area contributed by atoms with E-state index in [4.69, 9.17) is 31.8 Å². The number of benzene rings is 2. The van der Waals surface area contributed by atoms with E-state index in [1.807, 2.05) is 10.0 Å². The van der Waals surface area contributed by atoms with Gasteiger partial charge in [-0.15, -0.1) is 0 Å². The molecule has 2 rings (SSSR count). The van der Waals surface area contributed by atoms with Crippen LogP contribution in [0, 0.1) is 34.6 Å². The van der Waals surface area contributed by atoms with Gasteiger partial charge in [-0.3, -0.25) is 0 Å². The van der Waals surface area contributed by atoms with Crippen LogP contribution >= 0.6 is 20.3 Å². The predicted octanol–water partition coefficient (Wildman–Crippen LogP) is 5.07. The molecule has 0 aromatic heterocycles. The molecule has 0 saturated heterocycles. The number of hydrogen-bond donors (Lipinski definition) is 2. The van der Waals surface area contributed by atoms with E-state index in [1.54, 1.807) is 0 Å². The summed E-state index contributed by atoms with van der Waals surface area (Å²) < 4.78 is 2.01. The Bertz CT molecular complexity index is 752. The van der Waals surface area contributed by atoms with Crippen LogP contribution in [0.4, 0.5) is 0 Å². The molecule has 0 saturated carbocycles. The standard InChI is InChI=1S/C21H30N3.2ClH.Co/c1-13-9-16(4)21(17(5)10-13)19(23)12-24-11-18(22)20-14(2)7-6-8-15(20)3;;;/h6-10,18-19H,11-12,22-23H2,1-5H3;2*1H;/q-1;;;+3/p-2. The molecule has 2 aromatic rings. The normalized spacial score (nSPS) is 14.4. The molecule has 0 bridgehead atoms. The van der Waals surface area contributed by atoms with Gasteiger partial charge >= 0.3 is 177 Å². The fraction of sp³-hybridized carbons (Fsp3) is 0.429. The van der Waals surface area contributed by atoms with Crippen LogP contribution in [0.15, 0.2) is 30.3 Å². The van der Waals surface area contributed by atoms with Crippen molar-refractivity contribution in [3.63, 3.8) is 0 Å². The van der Waals surface area contributed by atoms with E-state index in [0.29, 0.717) is 13.1 Å². The van der Waals surface area contributed by atoms with Gasteiger partial charge in [0.2, 0.25) is 0 Å². The molecule has 4 N–H and O–H groups in total. The molecule has 0 spiro atoms. The summed E-state index contributed by atoms with van der Waals surface area (Å²) >= 11 is -1.31. The molecule has 0 fully saturated rings. The molecule has 0 amide bonds. The zero-order chi connectivity index (χ0) is 20.3. The van der Waals surface area contributed by atoms with Gasteiger partial charge in [0.15, 0.2) is 0 Å². The number of rotatable bonds is 7. The molecule has 2 atom stereocenters. The molecule has 2 unspecified atom stereocenters. The van der Waals surface area contributed by atoms with E-state index in [1.165, 1.54) is 27.8 Å². The third kappa shape index (κ3) is 5.70. The minimum absolute atomic E-state index is 0.166. The quantitative estimate of drug-likeness (QED) is 0.614. The van der Waals surface area contributed by atoms with E-state index in [9.17, 15) is 0 Å². The minimum atomic E-state index is -1.31. The van der Waals surface area contributed by atoms with Crippen molar-refractivity contribution in [2.24, 2.45) is 11.5 Å². The van der Waals surface area contributed by atoms with Crippen LogP contribution in [-0.2, 0) is 12.1 Å². The summed E-state index contributed by atoms with van der Waals surface area (Å²) in [4.78, 5) is 0. The van der Waals surface area contributed by atoms with Crippen LogP contribution in [0.25, 0.3) is 0 Å². The number of nitrogens with two attached hydrogens (primary N) is 2. The third-order valence-corrected chi connectivity index (χ3v) is 7.15. The molecule has 6 heteroatoms. The van der Waals surface area contributed by atoms with Crippen LogP contribution in [0.3, 0.4) is 0 Å². The summed E-state index contributed by atoms with van der Waals surface area (Å²) in [5.74, 6) is 0. The first-order valence-corrected chi connectivity index (χ1v) is 12.3. The number of aryl methyl sites for hydroxylation is 5. The Morgan fingerprint density at radius 1 is 0.815 bits per heavy atom. The van der Waals surface area contributed by atoms with Gasteiger partial charge in [0.1, 0.15) is 0 Å². The Balaban J connectivity index is 2.21. The summed E-state index contributed by atoms with van der Waals surface area (Å²) in [7, 11) is 12.7. The van der Waals surface area contributed by atoms with E-state index in [0.717, 1.165) is 11.1 Å². The Labute approximate surface area is 176 Å². The first-order chi connectivity index (χ1) is 12.6. The number of hydrogen-bond acceptors (Lipinski definition) is 3. The van der Waals surface area contributed by atoms with Crippen LogP contribution in [0.2, 0.25) is 0 Å². The van der Waals surface area contributed by atoms with Gasteiger partial charge in [-0.25, -0.2) is 0 Å². The summed E-state index contributed by atoms with van der Waals surface area (Å²) in [5, 5.41) is 0. The molecule has 0 radical (unpaired) electrons. The Morgan fingerprint density at radius 3 is 1.63 bits per heavy atom. The average molecular weight is 454 g/mol. The molecule has 0 aliphatic heterocycles. The summed E-state index contributed by atoms with van der Waals surface area (Å²) in [6.45, 7) is 11.6. The van der Waals surface area contributed by atoms with Crippen molar-refractivity contribution in [3.05, 3.63) is 69.3 Å². The Hall–Kier alpha value is -0.594. The SMILES string of the molecule is Cc1cc(C)c(C(N)C[N](CC(N)c2c(C)cccc2C)[Co]([Cl])[Cl])c(C)c1. The molecule has 0 aliphatic rings. The second-order valence-corrected chi connectivity index (χ2v) is 10.9. The molecule has 0 heterocycles. The van der Waals surface area contributed by atoms with Crippen molar-refractivity contribution >= 4 is 20.3 Å². The van der Waals surface area contributed by atoms with Gasteiger partial charge in [-0.05, 0) is 0 Å². The van der Waals surface area contributed by atoms with Crippen LogP contribution in [0.1, 0.15) is 51.0 Å². The summed E-state index contributed by atoms with van der Waals surface area (Å²) in [6, 6.07) is 10.2. The van der Waals surface area contributed by atoms with Gasteiger partial charge < -0.3 is 0 Å². The summed E-state index contributed by atoms with van der Waals surface area (Å²) in [6.07, 6.45) is 0. The molecule has 3 nitrogen and oxygen atoms in total. The fourth-order valence-corrected chi connectivity index (χ4v) is 5.40. The second-order valence-electron chi connectivity index (χ2n) is 7.29. The van der Waals surface area contributed by atoms with E-state index in [-0.39, 0.29) is 12.1 Å². The number of nitrogens with zero attached hydrogens (tertiary/aromatic N) is 1. The van der Waals surface area contributed by atoms with Gasteiger partial charge in [0.25, 0.3) is 0 Å². The average Bonchev–Trinajstić information content (AvgIpc) is 2.52. The third-order valence-electron chi connectivity index (χ3n) is 4.95. The van der Waals surface area contributed by atoms with Crippen LogP contribution in [-0.4, -0.2) is 17.0 Å². The van der Waals surface area contributed by atoms with Crippen LogP contribution < -0.4 is 11.5 Å². The Morgan fingerprint density at radius 2 is 1.22 bits per heavy atom. The van der Waals surface area contributed by atoms with Crippen molar-refractivity contribution in [3.8, 4) is 0 Å². The van der Waals surface area contributed by atoms with Gasteiger partial charge in [0.05, 0.1) is 0 Å². The van der Waals surface area contributed by atoms with Crippen molar-refractivity contribution in [2.45, 2.75) is 46.7 Å². The van der Waals surface area contributed by atoms with E-state index < -0.39 is 12.1 Å². The van der Waals surface area contributed by atoms with Gasteiger partial charge in [-0.2, -0.15) is 0 Å². The van der Waals surface area contributed by atoms with Gasteiger partial charge in [-0.1, -0.05) is 0 Å². The number of halogens is 2. The second kappa shape index (κ2) is 9.75. The summed E-state index contributed by atoms with van der Waals surface area (Å²) in [5.41, 5.74) is 21.4. The van der Waals surface area contributed by atoms with Crippen molar-refractivity contribution < 1.29 is 12.1 Å². The predicted molar refractivity (Wildman–Crippen MR) is 114 cm³/mol. The zero-order valence-electron chi connectivity index (χ0n) is 16.6. The zero-order valence-corrected chi connectivity index (χ0v) is 19.2. The molecule has 27 heavy (non-hydrogen) atoms. The van der Waals surface area contributed by atoms with Crippen molar-refractivity contribution in [1.82, 2.24) is 3.95 Å². The monoisotopic (exact) mass is 453 g/mol. The molecule has 0 aliphatic carbocycles. The van der Waals surface area contributed by atoms with Crippen molar-refractivity contribution in [2.75, 3.05) is 13.1 Å². The first-order valence-electron chi connectivity index (χ1n) is 8.99.